The summed E-state index contributed by atoms with van der Waals surface area (Å²) >= 11 is 0. The fourth-order valence-electron chi connectivity index (χ4n) is 2.21. The van der Waals surface area contributed by atoms with Crippen molar-refractivity contribution in [1.29, 1.82) is 0 Å². The molecule has 1 fully saturated rings. The van der Waals surface area contributed by atoms with Crippen molar-refractivity contribution in [3.63, 3.8) is 0 Å². The minimum Gasteiger partial charge on any atom is -0.462 e. The van der Waals surface area contributed by atoms with Crippen LogP contribution >= 0.6 is 0 Å². The fourth-order valence-corrected chi connectivity index (χ4v) is 2.21. The summed E-state index contributed by atoms with van der Waals surface area (Å²) in [5.74, 6) is -1.83. The summed E-state index contributed by atoms with van der Waals surface area (Å²) in [4.78, 5) is 33.2. The number of esters is 2. The molecule has 0 spiro atoms. The molecule has 2 heterocycles. The van der Waals surface area contributed by atoms with E-state index >= 15 is 0 Å². The van der Waals surface area contributed by atoms with Gasteiger partial charge in [-0.25, -0.2) is 4.79 Å². The Bertz CT molecular complexity index is 442. The molecule has 0 aromatic heterocycles. The minimum absolute atomic E-state index is 0.0622. The minimum atomic E-state index is -0.690. The van der Waals surface area contributed by atoms with Crippen molar-refractivity contribution in [3.05, 3.63) is 24.8 Å². The molecule has 4 unspecified atom stereocenters. The second-order valence-corrected chi connectivity index (χ2v) is 4.21. The zero-order chi connectivity index (χ0) is 14.5. The molecule has 7 nitrogen and oxygen atoms in total. The molecule has 108 valence electrons. The lowest BCUT2D eigenvalue weighted by molar-refractivity contribution is -0.158. The summed E-state index contributed by atoms with van der Waals surface area (Å²) in [6, 6.07) is 0. The van der Waals surface area contributed by atoms with Crippen LogP contribution in [0.25, 0.3) is 0 Å². The van der Waals surface area contributed by atoms with Gasteiger partial charge in [0.15, 0.2) is 0 Å². The third-order valence-electron chi connectivity index (χ3n) is 3.06. The molecule has 0 aromatic rings. The standard InChI is InChI=1S/C13H14O7/c1-2-10(15)17-5-6-18-13(16)11-8-3-4-9(20-8)12(11)19-7-14/h2-4,7-9,11-12H,1,5-6H2. The number of fused-ring (bicyclic) bond motifs is 2. The largest absolute Gasteiger partial charge is 0.462 e. The van der Waals surface area contributed by atoms with Gasteiger partial charge in [0.05, 0.1) is 6.10 Å². The van der Waals surface area contributed by atoms with Crippen molar-refractivity contribution in [3.8, 4) is 0 Å². The molecule has 0 amide bonds. The molecule has 4 atom stereocenters. The van der Waals surface area contributed by atoms with Gasteiger partial charge >= 0.3 is 11.9 Å². The Morgan fingerprint density at radius 2 is 1.90 bits per heavy atom. The number of carbonyl (C=O) groups excluding carboxylic acids is 3. The molecule has 0 aliphatic carbocycles. The van der Waals surface area contributed by atoms with E-state index in [0.717, 1.165) is 6.08 Å². The predicted molar refractivity (Wildman–Crippen MR) is 64.3 cm³/mol. The van der Waals surface area contributed by atoms with Crippen molar-refractivity contribution >= 4 is 18.4 Å². The first kappa shape index (κ1) is 14.3. The van der Waals surface area contributed by atoms with Crippen LogP contribution in [0.3, 0.4) is 0 Å². The van der Waals surface area contributed by atoms with Crippen molar-refractivity contribution < 1.29 is 33.3 Å². The second kappa shape index (κ2) is 6.33. The fraction of sp³-hybridized carbons (Fsp3) is 0.462. The molecule has 1 saturated heterocycles. The molecule has 0 aromatic carbocycles. The average molecular weight is 282 g/mol. The maximum Gasteiger partial charge on any atom is 0.330 e. The summed E-state index contributed by atoms with van der Waals surface area (Å²) < 4.78 is 20.0. The Hall–Kier alpha value is -2.15. The summed E-state index contributed by atoms with van der Waals surface area (Å²) in [6.45, 7) is 3.38. The van der Waals surface area contributed by atoms with Gasteiger partial charge in [0.25, 0.3) is 6.47 Å². The van der Waals surface area contributed by atoms with Crippen molar-refractivity contribution in [1.82, 2.24) is 0 Å². The normalized spacial score (nSPS) is 29.8. The van der Waals surface area contributed by atoms with Gasteiger partial charge in [-0.15, -0.1) is 0 Å². The third-order valence-corrected chi connectivity index (χ3v) is 3.06. The van der Waals surface area contributed by atoms with E-state index in [1.165, 1.54) is 0 Å². The van der Waals surface area contributed by atoms with Crippen molar-refractivity contribution in [2.45, 2.75) is 18.3 Å². The van der Waals surface area contributed by atoms with Gasteiger partial charge in [0, 0.05) is 6.08 Å². The zero-order valence-electron chi connectivity index (χ0n) is 10.6. The molecular formula is C13H14O7. The van der Waals surface area contributed by atoms with Crippen LogP contribution in [0.4, 0.5) is 0 Å². The van der Waals surface area contributed by atoms with Gasteiger partial charge in [-0.2, -0.15) is 0 Å². The molecule has 2 aliphatic rings. The molecule has 0 saturated carbocycles. The Kier molecular flexibility index (Phi) is 4.52. The Balaban J connectivity index is 1.82. The van der Waals surface area contributed by atoms with Gasteiger partial charge in [-0.3, -0.25) is 9.59 Å². The molecule has 7 heteroatoms. The van der Waals surface area contributed by atoms with E-state index in [-0.39, 0.29) is 19.7 Å². The molecule has 2 aliphatic heterocycles. The smallest absolute Gasteiger partial charge is 0.330 e. The number of carbonyl (C=O) groups is 3. The summed E-state index contributed by atoms with van der Waals surface area (Å²) in [5.41, 5.74) is 0. The lowest BCUT2D eigenvalue weighted by Crippen LogP contribution is -2.38. The van der Waals surface area contributed by atoms with Crippen LogP contribution < -0.4 is 0 Å². The van der Waals surface area contributed by atoms with E-state index in [1.54, 1.807) is 12.2 Å². The topological polar surface area (TPSA) is 88.1 Å². The number of hydrogen-bond donors (Lipinski definition) is 0. The first-order valence-corrected chi connectivity index (χ1v) is 6.06. The van der Waals surface area contributed by atoms with E-state index in [2.05, 4.69) is 11.3 Å². The van der Waals surface area contributed by atoms with Crippen molar-refractivity contribution in [2.75, 3.05) is 13.2 Å². The molecule has 0 radical (unpaired) electrons. The first-order valence-electron chi connectivity index (χ1n) is 6.06. The summed E-state index contributed by atoms with van der Waals surface area (Å²) in [5, 5.41) is 0. The highest BCUT2D eigenvalue weighted by molar-refractivity contribution is 5.81. The van der Waals surface area contributed by atoms with Gasteiger partial charge in [-0.05, 0) is 0 Å². The van der Waals surface area contributed by atoms with Crippen molar-refractivity contribution in [2.24, 2.45) is 5.92 Å². The number of rotatable bonds is 7. The number of ether oxygens (including phenoxy) is 4. The van der Waals surface area contributed by atoms with E-state index in [0.29, 0.717) is 0 Å². The van der Waals surface area contributed by atoms with Crippen LogP contribution in [0.2, 0.25) is 0 Å². The van der Waals surface area contributed by atoms with Crippen LogP contribution in [0.15, 0.2) is 24.8 Å². The molecule has 20 heavy (non-hydrogen) atoms. The van der Waals surface area contributed by atoms with E-state index in [9.17, 15) is 14.4 Å². The second-order valence-electron chi connectivity index (χ2n) is 4.21. The van der Waals surface area contributed by atoms with Crippen LogP contribution in [0, 0.1) is 5.92 Å². The third kappa shape index (κ3) is 2.88. The Morgan fingerprint density at radius 1 is 1.20 bits per heavy atom. The highest BCUT2D eigenvalue weighted by Gasteiger charge is 2.52. The lowest BCUT2D eigenvalue weighted by atomic mass is 9.91. The van der Waals surface area contributed by atoms with Crippen LogP contribution in [-0.4, -0.2) is 49.9 Å². The lowest BCUT2D eigenvalue weighted by Gasteiger charge is -2.21. The van der Waals surface area contributed by atoms with Gasteiger partial charge in [0.1, 0.15) is 31.3 Å². The molecular weight excluding hydrogens is 268 g/mol. The first-order chi connectivity index (χ1) is 9.67. The summed E-state index contributed by atoms with van der Waals surface area (Å²) in [7, 11) is 0. The molecule has 0 N–H and O–H groups in total. The zero-order valence-corrected chi connectivity index (χ0v) is 10.6. The predicted octanol–water partition coefficient (Wildman–Crippen LogP) is -0.246. The molecule has 2 bridgehead atoms. The van der Waals surface area contributed by atoms with E-state index < -0.39 is 36.2 Å². The highest BCUT2D eigenvalue weighted by Crippen LogP contribution is 2.36. The Morgan fingerprint density at radius 3 is 2.60 bits per heavy atom. The quantitative estimate of drug-likeness (QED) is 0.159. The van der Waals surface area contributed by atoms with E-state index in [1.807, 2.05) is 0 Å². The average Bonchev–Trinajstić information content (AvgIpc) is 3.04. The SMILES string of the molecule is C=CC(=O)OCCOC(=O)C1C2C=CC(O2)C1OC=O. The molecule has 2 rings (SSSR count). The maximum absolute atomic E-state index is 11.9. The number of hydrogen-bond acceptors (Lipinski definition) is 7. The van der Waals surface area contributed by atoms with Gasteiger partial charge in [0.2, 0.25) is 0 Å². The monoisotopic (exact) mass is 282 g/mol. The van der Waals surface area contributed by atoms with Crippen LogP contribution in [0.1, 0.15) is 0 Å². The van der Waals surface area contributed by atoms with Crippen LogP contribution in [0.5, 0.6) is 0 Å². The van der Waals surface area contributed by atoms with Gasteiger partial charge in [-0.1, -0.05) is 18.7 Å². The van der Waals surface area contributed by atoms with Crippen LogP contribution in [-0.2, 0) is 33.3 Å². The van der Waals surface area contributed by atoms with E-state index in [4.69, 9.17) is 14.2 Å². The maximum atomic E-state index is 11.9. The highest BCUT2D eigenvalue weighted by atomic mass is 16.6. The Labute approximate surface area is 115 Å². The van der Waals surface area contributed by atoms with Gasteiger partial charge < -0.3 is 18.9 Å². The summed E-state index contributed by atoms with van der Waals surface area (Å²) in [6.07, 6.45) is 2.96.